The lowest BCUT2D eigenvalue weighted by molar-refractivity contribution is 0.102. The van der Waals surface area contributed by atoms with E-state index in [2.05, 4.69) is 21.2 Å². The maximum atomic E-state index is 13.1. The van der Waals surface area contributed by atoms with Gasteiger partial charge in [-0.3, -0.25) is 4.79 Å². The summed E-state index contributed by atoms with van der Waals surface area (Å²) in [5.41, 5.74) is 8.10. The van der Waals surface area contributed by atoms with Gasteiger partial charge in [-0.25, -0.2) is 4.39 Å². The Hall–Kier alpha value is -1.88. The normalized spacial score (nSPS) is 10.3. The van der Waals surface area contributed by atoms with Crippen LogP contribution in [0.5, 0.6) is 0 Å². The molecule has 2 aromatic rings. The molecule has 0 aromatic heterocycles. The summed E-state index contributed by atoms with van der Waals surface area (Å²) in [6, 6.07) is 9.15. The topological polar surface area (TPSA) is 55.1 Å². The molecule has 2 aromatic carbocycles. The summed E-state index contributed by atoms with van der Waals surface area (Å²) in [6.07, 6.45) is 0. The predicted molar refractivity (Wildman–Crippen MR) is 77.6 cm³/mol. The maximum absolute atomic E-state index is 13.1. The largest absolute Gasteiger partial charge is 0.399 e. The molecule has 1 amide bonds. The van der Waals surface area contributed by atoms with Crippen molar-refractivity contribution in [1.82, 2.24) is 0 Å². The quantitative estimate of drug-likeness (QED) is 0.828. The van der Waals surface area contributed by atoms with E-state index >= 15 is 0 Å². The second-order valence-corrected chi connectivity index (χ2v) is 5.00. The van der Waals surface area contributed by atoms with Crippen LogP contribution in [-0.2, 0) is 0 Å². The van der Waals surface area contributed by atoms with Gasteiger partial charge in [-0.2, -0.15) is 0 Å². The highest BCUT2D eigenvalue weighted by Gasteiger charge is 2.11. The van der Waals surface area contributed by atoms with Gasteiger partial charge in [0.05, 0.1) is 5.56 Å². The average Bonchev–Trinajstić information content (AvgIpc) is 2.36. The summed E-state index contributed by atoms with van der Waals surface area (Å²) < 4.78 is 13.7. The molecule has 3 nitrogen and oxygen atoms in total. The number of rotatable bonds is 2. The Labute approximate surface area is 118 Å². The first kappa shape index (κ1) is 13.5. The molecule has 3 N–H and O–H groups in total. The molecular weight excluding hydrogens is 311 g/mol. The molecule has 0 aliphatic carbocycles. The Bertz CT molecular complexity index is 643. The first-order valence-electron chi connectivity index (χ1n) is 5.60. The van der Waals surface area contributed by atoms with E-state index in [1.807, 2.05) is 6.92 Å². The number of carbonyl (C=O) groups is 1. The SMILES string of the molecule is Cc1cc(NC(=O)c2cc(F)ccc2Br)ccc1N. The van der Waals surface area contributed by atoms with Crippen LogP contribution in [0.2, 0.25) is 0 Å². The Morgan fingerprint density at radius 3 is 2.68 bits per heavy atom. The number of benzene rings is 2. The van der Waals surface area contributed by atoms with Crippen LogP contribution in [0.4, 0.5) is 15.8 Å². The van der Waals surface area contributed by atoms with Crippen molar-refractivity contribution in [2.24, 2.45) is 0 Å². The highest BCUT2D eigenvalue weighted by molar-refractivity contribution is 9.10. The minimum absolute atomic E-state index is 0.245. The summed E-state index contributed by atoms with van der Waals surface area (Å²) in [5.74, 6) is -0.836. The van der Waals surface area contributed by atoms with Gasteiger partial charge in [0.2, 0.25) is 0 Å². The smallest absolute Gasteiger partial charge is 0.256 e. The van der Waals surface area contributed by atoms with Gasteiger partial charge in [0.25, 0.3) is 5.91 Å². The standard InChI is InChI=1S/C14H12BrFN2O/c1-8-6-10(3-5-13(8)17)18-14(19)11-7-9(16)2-4-12(11)15/h2-7H,17H2,1H3,(H,18,19). The lowest BCUT2D eigenvalue weighted by atomic mass is 10.1. The van der Waals surface area contributed by atoms with Crippen molar-refractivity contribution in [1.29, 1.82) is 0 Å². The van der Waals surface area contributed by atoms with E-state index in [1.165, 1.54) is 18.2 Å². The maximum Gasteiger partial charge on any atom is 0.256 e. The summed E-state index contributed by atoms with van der Waals surface area (Å²) in [6.45, 7) is 1.85. The van der Waals surface area contributed by atoms with E-state index in [0.29, 0.717) is 15.8 Å². The van der Waals surface area contributed by atoms with Crippen molar-refractivity contribution in [2.75, 3.05) is 11.1 Å². The van der Waals surface area contributed by atoms with Crippen LogP contribution in [0.15, 0.2) is 40.9 Å². The predicted octanol–water partition coefficient (Wildman–Crippen LogP) is 3.73. The van der Waals surface area contributed by atoms with Crippen LogP contribution in [0, 0.1) is 12.7 Å². The fraction of sp³-hybridized carbons (Fsp3) is 0.0714. The third-order valence-electron chi connectivity index (χ3n) is 2.70. The van der Waals surface area contributed by atoms with E-state index in [1.54, 1.807) is 18.2 Å². The van der Waals surface area contributed by atoms with E-state index in [4.69, 9.17) is 5.73 Å². The molecule has 0 spiro atoms. The number of nitrogens with one attached hydrogen (secondary N) is 1. The number of halogens is 2. The van der Waals surface area contributed by atoms with Gasteiger partial charge in [0, 0.05) is 15.8 Å². The van der Waals surface area contributed by atoms with Gasteiger partial charge in [-0.15, -0.1) is 0 Å². The van der Waals surface area contributed by atoms with Gasteiger partial charge >= 0.3 is 0 Å². The van der Waals surface area contributed by atoms with Gasteiger partial charge in [0.1, 0.15) is 5.82 Å². The molecule has 0 bridgehead atoms. The lowest BCUT2D eigenvalue weighted by Gasteiger charge is -2.09. The van der Waals surface area contributed by atoms with E-state index in [9.17, 15) is 9.18 Å². The monoisotopic (exact) mass is 322 g/mol. The van der Waals surface area contributed by atoms with Crippen LogP contribution >= 0.6 is 15.9 Å². The second-order valence-electron chi connectivity index (χ2n) is 4.15. The average molecular weight is 323 g/mol. The summed E-state index contributed by atoms with van der Waals surface area (Å²) >= 11 is 3.22. The van der Waals surface area contributed by atoms with Crippen molar-refractivity contribution >= 4 is 33.2 Å². The van der Waals surface area contributed by atoms with Crippen molar-refractivity contribution in [3.8, 4) is 0 Å². The van der Waals surface area contributed by atoms with Crippen LogP contribution in [0.25, 0.3) is 0 Å². The highest BCUT2D eigenvalue weighted by atomic mass is 79.9. The molecule has 98 valence electrons. The molecule has 0 atom stereocenters. The van der Waals surface area contributed by atoms with Crippen molar-refractivity contribution < 1.29 is 9.18 Å². The molecule has 0 aliphatic heterocycles. The number of nitrogen functional groups attached to an aromatic ring is 1. The highest BCUT2D eigenvalue weighted by Crippen LogP contribution is 2.21. The van der Waals surface area contributed by atoms with Crippen LogP contribution in [0.1, 0.15) is 15.9 Å². The zero-order chi connectivity index (χ0) is 14.0. The van der Waals surface area contributed by atoms with E-state index < -0.39 is 5.82 Å². The summed E-state index contributed by atoms with van der Waals surface area (Å²) in [4.78, 5) is 12.0. The van der Waals surface area contributed by atoms with Crippen LogP contribution in [-0.4, -0.2) is 5.91 Å². The van der Waals surface area contributed by atoms with Gasteiger partial charge in [-0.1, -0.05) is 0 Å². The Morgan fingerprint density at radius 2 is 2.00 bits per heavy atom. The number of amides is 1. The summed E-state index contributed by atoms with van der Waals surface area (Å²) in [7, 11) is 0. The number of carbonyl (C=O) groups excluding carboxylic acids is 1. The lowest BCUT2D eigenvalue weighted by Crippen LogP contribution is -2.13. The molecular formula is C14H12BrFN2O. The van der Waals surface area contributed by atoms with Crippen LogP contribution in [0.3, 0.4) is 0 Å². The second kappa shape index (κ2) is 5.40. The molecule has 0 saturated heterocycles. The first-order valence-corrected chi connectivity index (χ1v) is 6.39. The number of anilines is 2. The molecule has 0 fully saturated rings. The molecule has 0 saturated carbocycles. The molecule has 0 radical (unpaired) electrons. The fourth-order valence-electron chi connectivity index (χ4n) is 1.62. The Kier molecular flexibility index (Phi) is 3.85. The van der Waals surface area contributed by atoms with E-state index in [-0.39, 0.29) is 11.5 Å². The molecule has 0 unspecified atom stereocenters. The Balaban J connectivity index is 2.25. The Morgan fingerprint density at radius 1 is 1.26 bits per heavy atom. The number of aryl methyl sites for hydroxylation is 1. The van der Waals surface area contributed by atoms with Crippen molar-refractivity contribution in [2.45, 2.75) is 6.92 Å². The van der Waals surface area contributed by atoms with Gasteiger partial charge in [-0.05, 0) is 64.8 Å². The van der Waals surface area contributed by atoms with Crippen LogP contribution < -0.4 is 11.1 Å². The third-order valence-corrected chi connectivity index (χ3v) is 3.39. The third kappa shape index (κ3) is 3.12. The molecule has 0 aliphatic rings. The number of hydrogen-bond donors (Lipinski definition) is 2. The molecule has 0 heterocycles. The molecule has 2 rings (SSSR count). The molecule has 5 heteroatoms. The fourth-order valence-corrected chi connectivity index (χ4v) is 2.05. The minimum atomic E-state index is -0.457. The van der Waals surface area contributed by atoms with E-state index in [0.717, 1.165) is 5.56 Å². The van der Waals surface area contributed by atoms with Crippen molar-refractivity contribution in [3.05, 3.63) is 57.8 Å². The summed E-state index contributed by atoms with van der Waals surface area (Å²) in [5, 5.41) is 2.70. The number of hydrogen-bond acceptors (Lipinski definition) is 2. The zero-order valence-electron chi connectivity index (χ0n) is 10.2. The first-order chi connectivity index (χ1) is 8.97. The number of nitrogens with two attached hydrogens (primary N) is 1. The van der Waals surface area contributed by atoms with Gasteiger partial charge < -0.3 is 11.1 Å². The zero-order valence-corrected chi connectivity index (χ0v) is 11.8. The van der Waals surface area contributed by atoms with Gasteiger partial charge in [0.15, 0.2) is 0 Å². The molecule has 19 heavy (non-hydrogen) atoms. The minimum Gasteiger partial charge on any atom is -0.399 e. The van der Waals surface area contributed by atoms with Crippen molar-refractivity contribution in [3.63, 3.8) is 0 Å².